The number of rotatable bonds is 7. The Morgan fingerprint density at radius 2 is 1.76 bits per heavy atom. The molecule has 6 nitrogen and oxygen atoms in total. The number of aryl methyl sites for hydroxylation is 2. The van der Waals surface area contributed by atoms with Crippen LogP contribution in [-0.2, 0) is 9.09 Å². The van der Waals surface area contributed by atoms with E-state index >= 15 is 0 Å². The van der Waals surface area contributed by atoms with Gasteiger partial charge < -0.3 is 19.5 Å². The minimum atomic E-state index is -3.52. The van der Waals surface area contributed by atoms with Crippen LogP contribution in [0, 0.1) is 13.8 Å². The molecule has 0 bridgehead atoms. The number of ether oxygens (including phenoxy) is 1. The molecule has 0 amide bonds. The Morgan fingerprint density at radius 1 is 1.07 bits per heavy atom. The molecule has 152 valence electrons. The molecule has 1 atom stereocenters. The van der Waals surface area contributed by atoms with Gasteiger partial charge in [-0.15, -0.1) is 11.3 Å². The van der Waals surface area contributed by atoms with E-state index in [1.807, 2.05) is 38.1 Å². The molecule has 8 heteroatoms. The molecule has 0 radical (unpaired) electrons. The maximum Gasteiger partial charge on any atom is 0.348 e. The molecule has 0 spiro atoms. The number of benzene rings is 2. The lowest BCUT2D eigenvalue weighted by atomic mass is 10.2. The van der Waals surface area contributed by atoms with Gasteiger partial charge in [-0.2, -0.15) is 0 Å². The van der Waals surface area contributed by atoms with Crippen molar-refractivity contribution in [2.45, 2.75) is 13.8 Å². The van der Waals surface area contributed by atoms with E-state index in [9.17, 15) is 14.5 Å². The van der Waals surface area contributed by atoms with Gasteiger partial charge in [-0.05, 0) is 61.4 Å². The Kier molecular flexibility index (Phi) is 6.13. The van der Waals surface area contributed by atoms with Crippen LogP contribution in [0.1, 0.15) is 20.8 Å². The van der Waals surface area contributed by atoms with Crippen LogP contribution in [0.15, 0.2) is 48.5 Å². The minimum Gasteiger partial charge on any atom is -0.497 e. The molecular weight excluding hydrogens is 409 g/mol. The van der Waals surface area contributed by atoms with Gasteiger partial charge in [0.05, 0.1) is 18.1 Å². The fourth-order valence-corrected chi connectivity index (χ4v) is 5.76. The lowest BCUT2D eigenvalue weighted by Crippen LogP contribution is -2.17. The Hall–Kier alpha value is -2.60. The van der Waals surface area contributed by atoms with Crippen molar-refractivity contribution in [1.29, 1.82) is 0 Å². The van der Waals surface area contributed by atoms with Gasteiger partial charge in [0.1, 0.15) is 10.6 Å². The van der Waals surface area contributed by atoms with Crippen molar-refractivity contribution in [3.8, 4) is 16.2 Å². The van der Waals surface area contributed by atoms with Gasteiger partial charge in [0.25, 0.3) is 0 Å². The van der Waals surface area contributed by atoms with Crippen LogP contribution in [-0.4, -0.2) is 25.3 Å². The predicted octanol–water partition coefficient (Wildman–Crippen LogP) is 5.32. The number of carbonyl (C=O) groups is 1. The number of anilines is 1. The van der Waals surface area contributed by atoms with E-state index in [0.29, 0.717) is 11.1 Å². The van der Waals surface area contributed by atoms with Crippen LogP contribution in [0.25, 0.3) is 10.4 Å². The second-order valence-corrected chi connectivity index (χ2v) is 9.75. The molecule has 1 aromatic heterocycles. The van der Waals surface area contributed by atoms with Gasteiger partial charge in [-0.1, -0.05) is 17.7 Å². The third-order valence-electron chi connectivity index (χ3n) is 4.50. The third kappa shape index (κ3) is 4.37. The zero-order chi connectivity index (χ0) is 21.2. The Morgan fingerprint density at radius 3 is 2.31 bits per heavy atom. The molecule has 2 N–H and O–H groups in total. The number of nitrogens with one attached hydrogen (secondary N) is 1. The van der Waals surface area contributed by atoms with Crippen molar-refractivity contribution in [3.05, 3.63) is 64.5 Å². The standard InChI is InChI=1S/C21H22NO5PS/c1-13-5-10-18(14(2)11-13)28(25,27-4)22-17-12-19(29-20(17)21(23)24)15-6-8-16(26-3)9-7-15/h5-12H,1-4H3,(H,22,25)(H,23,24). The summed E-state index contributed by atoms with van der Waals surface area (Å²) in [6.07, 6.45) is 0. The molecule has 0 saturated carbocycles. The third-order valence-corrected chi connectivity index (χ3v) is 7.85. The summed E-state index contributed by atoms with van der Waals surface area (Å²) in [6, 6.07) is 14.5. The number of carboxylic acid groups (broad SMARTS) is 1. The second-order valence-electron chi connectivity index (χ2n) is 6.52. The number of aromatic carboxylic acids is 1. The highest BCUT2D eigenvalue weighted by Gasteiger charge is 2.30. The summed E-state index contributed by atoms with van der Waals surface area (Å²) in [5, 5.41) is 13.1. The van der Waals surface area contributed by atoms with Crippen molar-refractivity contribution in [1.82, 2.24) is 0 Å². The van der Waals surface area contributed by atoms with E-state index in [0.717, 1.165) is 32.9 Å². The molecule has 1 unspecified atom stereocenters. The maximum absolute atomic E-state index is 13.6. The zero-order valence-corrected chi connectivity index (χ0v) is 18.3. The fraction of sp³-hybridized carbons (Fsp3) is 0.190. The quantitative estimate of drug-likeness (QED) is 0.493. The second kappa shape index (κ2) is 8.41. The molecule has 0 aliphatic carbocycles. The summed E-state index contributed by atoms with van der Waals surface area (Å²) in [5.74, 6) is -0.388. The number of carboxylic acids is 1. The first kappa shape index (κ1) is 21.1. The molecule has 0 aliphatic rings. The van der Waals surface area contributed by atoms with Gasteiger partial charge in [-0.3, -0.25) is 4.57 Å². The SMILES string of the molecule is COc1ccc(-c2cc(NP(=O)(OC)c3ccc(C)cc3C)c(C(=O)O)s2)cc1. The van der Waals surface area contributed by atoms with Gasteiger partial charge in [-0.25, -0.2) is 4.79 Å². The van der Waals surface area contributed by atoms with Crippen LogP contribution in [0.5, 0.6) is 5.75 Å². The van der Waals surface area contributed by atoms with Gasteiger partial charge >= 0.3 is 13.5 Å². The Bertz CT molecular complexity index is 1090. The van der Waals surface area contributed by atoms with Gasteiger partial charge in [0, 0.05) is 12.0 Å². The van der Waals surface area contributed by atoms with Crippen molar-refractivity contribution < 1.29 is 23.7 Å². The molecule has 2 aromatic carbocycles. The van der Waals surface area contributed by atoms with Crippen LogP contribution in [0.4, 0.5) is 5.69 Å². The molecule has 0 fully saturated rings. The zero-order valence-electron chi connectivity index (χ0n) is 16.6. The van der Waals surface area contributed by atoms with Crippen LogP contribution < -0.4 is 15.1 Å². The largest absolute Gasteiger partial charge is 0.497 e. The summed E-state index contributed by atoms with van der Waals surface area (Å²) >= 11 is 1.11. The van der Waals surface area contributed by atoms with E-state index in [-0.39, 0.29) is 10.6 Å². The van der Waals surface area contributed by atoms with Crippen LogP contribution in [0.3, 0.4) is 0 Å². The lowest BCUT2D eigenvalue weighted by molar-refractivity contribution is 0.0703. The average molecular weight is 431 g/mol. The van der Waals surface area contributed by atoms with E-state index in [4.69, 9.17) is 9.26 Å². The first-order chi connectivity index (χ1) is 13.8. The number of thiophene rings is 1. The minimum absolute atomic E-state index is 0.0675. The van der Waals surface area contributed by atoms with Crippen LogP contribution >= 0.6 is 18.9 Å². The monoisotopic (exact) mass is 431 g/mol. The Balaban J connectivity index is 2.03. The molecule has 29 heavy (non-hydrogen) atoms. The molecular formula is C21H22NO5PS. The summed E-state index contributed by atoms with van der Waals surface area (Å²) in [6.45, 7) is 3.80. The summed E-state index contributed by atoms with van der Waals surface area (Å²) in [5.41, 5.74) is 2.95. The van der Waals surface area contributed by atoms with E-state index in [1.54, 1.807) is 31.4 Å². The molecule has 3 rings (SSSR count). The normalized spacial score (nSPS) is 13.0. The Labute approximate surface area is 173 Å². The first-order valence-electron chi connectivity index (χ1n) is 8.81. The van der Waals surface area contributed by atoms with Gasteiger partial charge in [0.15, 0.2) is 0 Å². The molecule has 1 heterocycles. The molecule has 0 saturated heterocycles. The van der Waals surface area contributed by atoms with Gasteiger partial charge in [0.2, 0.25) is 0 Å². The van der Waals surface area contributed by atoms with E-state index in [1.165, 1.54) is 7.11 Å². The fourth-order valence-electron chi connectivity index (χ4n) is 3.03. The summed E-state index contributed by atoms with van der Waals surface area (Å²) in [7, 11) is -0.581. The number of hydrogen-bond donors (Lipinski definition) is 2. The average Bonchev–Trinajstić information content (AvgIpc) is 3.11. The first-order valence-corrected chi connectivity index (χ1v) is 11.2. The maximum atomic E-state index is 13.6. The van der Waals surface area contributed by atoms with E-state index < -0.39 is 13.5 Å². The number of hydrogen-bond acceptors (Lipinski definition) is 5. The van der Waals surface area contributed by atoms with Crippen molar-refractivity contribution in [2.24, 2.45) is 0 Å². The van der Waals surface area contributed by atoms with Crippen LogP contribution in [0.2, 0.25) is 0 Å². The summed E-state index contributed by atoms with van der Waals surface area (Å²) in [4.78, 5) is 12.6. The molecule has 0 aliphatic heterocycles. The highest BCUT2D eigenvalue weighted by atomic mass is 32.1. The van der Waals surface area contributed by atoms with Crippen molar-refractivity contribution in [3.63, 3.8) is 0 Å². The number of methoxy groups -OCH3 is 1. The predicted molar refractivity (Wildman–Crippen MR) is 117 cm³/mol. The topological polar surface area (TPSA) is 84.9 Å². The molecule has 3 aromatic rings. The van der Waals surface area contributed by atoms with Crippen molar-refractivity contribution >= 4 is 35.8 Å². The summed E-state index contributed by atoms with van der Waals surface area (Å²) < 4.78 is 24.1. The van der Waals surface area contributed by atoms with E-state index in [2.05, 4.69) is 5.09 Å². The highest BCUT2D eigenvalue weighted by Crippen LogP contribution is 2.48. The van der Waals surface area contributed by atoms with Crippen molar-refractivity contribution in [2.75, 3.05) is 19.3 Å². The smallest absolute Gasteiger partial charge is 0.348 e. The highest BCUT2D eigenvalue weighted by molar-refractivity contribution is 7.68. The lowest BCUT2D eigenvalue weighted by Gasteiger charge is -2.20.